The van der Waals surface area contributed by atoms with Crippen LogP contribution in [-0.2, 0) is 9.31 Å². The predicted octanol–water partition coefficient (Wildman–Crippen LogP) is 1.51. The molecule has 1 aliphatic heterocycles. The molecule has 0 radical (unpaired) electrons. The second-order valence-corrected chi connectivity index (χ2v) is 6.03. The SMILES string of the molecule is CC1(C)OB(c2cc[14c]3ncc(C#N)n3c2)OC1(C)C. The van der Waals surface area contributed by atoms with Gasteiger partial charge in [0.2, 0.25) is 0 Å². The molecule has 0 spiro atoms. The van der Waals surface area contributed by atoms with Crippen molar-refractivity contribution in [2.75, 3.05) is 0 Å². The lowest BCUT2D eigenvalue weighted by Gasteiger charge is -2.32. The van der Waals surface area contributed by atoms with E-state index in [0.29, 0.717) is 5.69 Å². The van der Waals surface area contributed by atoms with Gasteiger partial charge in [-0.2, -0.15) is 5.26 Å². The molecule has 0 N–H and O–H groups in total. The van der Waals surface area contributed by atoms with Gasteiger partial charge in [-0.1, -0.05) is 6.07 Å². The van der Waals surface area contributed by atoms with E-state index in [4.69, 9.17) is 14.6 Å². The average molecular weight is 271 g/mol. The maximum atomic E-state index is 9.07. The first kappa shape index (κ1) is 13.2. The molecule has 1 aliphatic rings. The molecule has 0 aliphatic carbocycles. The Labute approximate surface area is 118 Å². The zero-order valence-electron chi connectivity index (χ0n) is 12.0. The van der Waals surface area contributed by atoms with Crippen molar-refractivity contribution >= 4 is 18.2 Å². The summed E-state index contributed by atoms with van der Waals surface area (Å²) in [5.74, 6) is 0. The van der Waals surface area contributed by atoms with Crippen molar-refractivity contribution < 1.29 is 9.31 Å². The minimum absolute atomic E-state index is 0.375. The van der Waals surface area contributed by atoms with Crippen LogP contribution in [0, 0.1) is 11.3 Å². The molecule has 1 fully saturated rings. The summed E-state index contributed by atoms with van der Waals surface area (Å²) in [6.45, 7) is 8.07. The molecule has 2 aromatic rings. The highest BCUT2D eigenvalue weighted by atomic mass is 16.7. The smallest absolute Gasteiger partial charge is 0.399 e. The summed E-state index contributed by atoms with van der Waals surface area (Å²) in [6.07, 6.45) is 3.41. The van der Waals surface area contributed by atoms with Gasteiger partial charge in [0.15, 0.2) is 0 Å². The van der Waals surface area contributed by atoms with Crippen molar-refractivity contribution in [1.82, 2.24) is 9.38 Å². The Hall–Kier alpha value is -1.84. The number of nitriles is 1. The summed E-state index contributed by atoms with van der Waals surface area (Å²) in [5.41, 5.74) is 1.37. The van der Waals surface area contributed by atoms with Gasteiger partial charge in [-0.3, -0.25) is 4.40 Å². The Morgan fingerprint density at radius 3 is 2.55 bits per heavy atom. The molecule has 6 heteroatoms. The quantitative estimate of drug-likeness (QED) is 0.737. The van der Waals surface area contributed by atoms with Crippen molar-refractivity contribution in [1.29, 1.82) is 5.26 Å². The third-order valence-electron chi connectivity index (χ3n) is 4.17. The van der Waals surface area contributed by atoms with Crippen molar-refractivity contribution in [3.05, 3.63) is 30.2 Å². The summed E-state index contributed by atoms with van der Waals surface area (Å²) < 4.78 is 13.8. The van der Waals surface area contributed by atoms with Gasteiger partial charge in [0, 0.05) is 6.20 Å². The first-order chi connectivity index (χ1) is 9.34. The van der Waals surface area contributed by atoms with E-state index in [2.05, 4.69) is 11.1 Å². The molecule has 5 nitrogen and oxygen atoms in total. The summed E-state index contributed by atoms with van der Waals surface area (Å²) in [6, 6.07) is 5.90. The summed E-state index contributed by atoms with van der Waals surface area (Å²) in [4.78, 5) is 4.17. The first-order valence-corrected chi connectivity index (χ1v) is 6.57. The van der Waals surface area contributed by atoms with Crippen LogP contribution in [0.4, 0.5) is 0 Å². The fourth-order valence-electron chi connectivity index (χ4n) is 2.20. The van der Waals surface area contributed by atoms with E-state index in [-0.39, 0.29) is 11.2 Å². The average Bonchev–Trinajstić information content (AvgIpc) is 2.87. The van der Waals surface area contributed by atoms with E-state index < -0.39 is 7.12 Å². The van der Waals surface area contributed by atoms with Crippen molar-refractivity contribution in [3.63, 3.8) is 0 Å². The molecule has 0 unspecified atom stereocenters. The molecule has 0 saturated carbocycles. The van der Waals surface area contributed by atoms with Crippen LogP contribution in [0.15, 0.2) is 24.5 Å². The largest absolute Gasteiger partial charge is 0.496 e. The molecule has 102 valence electrons. The predicted molar refractivity (Wildman–Crippen MR) is 75.6 cm³/mol. The molecule has 2 aromatic heterocycles. The van der Waals surface area contributed by atoms with Gasteiger partial charge in [-0.25, -0.2) is 4.98 Å². The van der Waals surface area contributed by atoms with Gasteiger partial charge in [0.05, 0.1) is 17.4 Å². The lowest BCUT2D eigenvalue weighted by molar-refractivity contribution is 0.00578. The lowest BCUT2D eigenvalue weighted by Crippen LogP contribution is -2.41. The highest BCUT2D eigenvalue weighted by Crippen LogP contribution is 2.36. The van der Waals surface area contributed by atoms with Gasteiger partial charge >= 0.3 is 7.12 Å². The maximum absolute atomic E-state index is 9.07. The Morgan fingerprint density at radius 1 is 1.30 bits per heavy atom. The highest BCUT2D eigenvalue weighted by molar-refractivity contribution is 6.62. The van der Waals surface area contributed by atoms with Gasteiger partial charge in [0.25, 0.3) is 0 Å². The molecule has 20 heavy (non-hydrogen) atoms. The zero-order valence-corrected chi connectivity index (χ0v) is 12.0. The topological polar surface area (TPSA) is 59.5 Å². The Bertz CT molecular complexity index is 699. The van der Waals surface area contributed by atoms with Crippen LogP contribution in [0.3, 0.4) is 0 Å². The zero-order chi connectivity index (χ0) is 14.5. The second-order valence-electron chi connectivity index (χ2n) is 6.03. The van der Waals surface area contributed by atoms with Crippen LogP contribution in [-0.4, -0.2) is 27.7 Å². The monoisotopic (exact) mass is 271 g/mol. The van der Waals surface area contributed by atoms with E-state index >= 15 is 0 Å². The number of aromatic nitrogens is 2. The summed E-state index contributed by atoms with van der Waals surface area (Å²) in [5, 5.41) is 9.07. The van der Waals surface area contributed by atoms with E-state index in [1.165, 1.54) is 0 Å². The molecule has 0 bridgehead atoms. The minimum atomic E-state index is -0.432. The Kier molecular flexibility index (Phi) is 2.68. The van der Waals surface area contributed by atoms with Gasteiger partial charge in [-0.05, 0) is 39.2 Å². The van der Waals surface area contributed by atoms with E-state index in [0.717, 1.165) is 11.1 Å². The van der Waals surface area contributed by atoms with Gasteiger partial charge in [-0.15, -0.1) is 0 Å². The van der Waals surface area contributed by atoms with Crippen LogP contribution in [0.2, 0.25) is 0 Å². The standard InChI is InChI=1S/C14H16BN3O2/c1-13(2)14(3,4)20-15(19-13)10-5-6-12-17-8-11(7-16)18(12)9-10/h5-6,8-9H,1-4H3/i12+2. The van der Waals surface area contributed by atoms with Gasteiger partial charge in [0.1, 0.15) is 17.4 Å². The Balaban J connectivity index is 2.02. The number of nitrogens with zero attached hydrogens (tertiary/aromatic N) is 3. The molecule has 0 atom stereocenters. The number of hydrogen-bond acceptors (Lipinski definition) is 4. The summed E-state index contributed by atoms with van der Waals surface area (Å²) in [7, 11) is -0.432. The van der Waals surface area contributed by atoms with E-state index in [9.17, 15) is 0 Å². The highest BCUT2D eigenvalue weighted by Gasteiger charge is 2.51. The third-order valence-corrected chi connectivity index (χ3v) is 4.17. The molecule has 0 aromatic carbocycles. The van der Waals surface area contributed by atoms with Crippen LogP contribution in [0.1, 0.15) is 33.4 Å². The van der Waals surface area contributed by atoms with Crippen molar-refractivity contribution in [3.8, 4) is 6.07 Å². The third kappa shape index (κ3) is 1.82. The summed E-state index contributed by atoms with van der Waals surface area (Å²) >= 11 is 0. The normalized spacial score (nSPS) is 20.2. The second kappa shape index (κ2) is 4.08. The Morgan fingerprint density at radius 2 is 1.95 bits per heavy atom. The molecule has 0 amide bonds. The van der Waals surface area contributed by atoms with Crippen LogP contribution in [0.25, 0.3) is 5.65 Å². The molecular weight excluding hydrogens is 255 g/mol. The molecule has 3 heterocycles. The minimum Gasteiger partial charge on any atom is -0.399 e. The van der Waals surface area contributed by atoms with E-state index in [1.807, 2.05) is 46.0 Å². The van der Waals surface area contributed by atoms with Gasteiger partial charge < -0.3 is 9.31 Å². The van der Waals surface area contributed by atoms with E-state index in [1.54, 1.807) is 10.6 Å². The number of hydrogen-bond donors (Lipinski definition) is 0. The number of fused-ring (bicyclic) bond motifs is 1. The van der Waals surface area contributed by atoms with Crippen LogP contribution >= 0.6 is 0 Å². The number of pyridine rings is 1. The molecule has 1 saturated heterocycles. The number of rotatable bonds is 1. The van der Waals surface area contributed by atoms with Crippen LogP contribution in [0.5, 0.6) is 0 Å². The van der Waals surface area contributed by atoms with Crippen LogP contribution < -0.4 is 5.46 Å². The molecule has 3 rings (SSSR count). The fraction of sp³-hybridized carbons (Fsp3) is 0.429. The number of imidazole rings is 1. The maximum Gasteiger partial charge on any atom is 0.496 e. The lowest BCUT2D eigenvalue weighted by atomic mass is 9.81. The van der Waals surface area contributed by atoms with Crippen molar-refractivity contribution in [2.45, 2.75) is 38.9 Å². The molecular formula is C14H16BN3O2. The fourth-order valence-corrected chi connectivity index (χ4v) is 2.20. The first-order valence-electron chi connectivity index (χ1n) is 6.57. The van der Waals surface area contributed by atoms with Crippen molar-refractivity contribution in [2.24, 2.45) is 0 Å².